The number of halogens is 1. The van der Waals surface area contributed by atoms with Gasteiger partial charge in [-0.15, -0.1) is 0 Å². The molecule has 0 heterocycles. The van der Waals surface area contributed by atoms with Gasteiger partial charge in [0.05, 0.1) is 10.6 Å². The largest absolute Gasteiger partial charge is 0.489 e. The van der Waals surface area contributed by atoms with Gasteiger partial charge in [0.2, 0.25) is 0 Å². The lowest BCUT2D eigenvalue weighted by Crippen LogP contribution is -2.61. The molecule has 3 heteroatoms. The van der Waals surface area contributed by atoms with E-state index in [1.165, 1.54) is 0 Å². The smallest absolute Gasteiger partial charge is 0.121 e. The van der Waals surface area contributed by atoms with Gasteiger partial charge in [0.1, 0.15) is 17.9 Å². The molecule has 2 atom stereocenters. The highest BCUT2D eigenvalue weighted by Crippen LogP contribution is 2.59. The average Bonchev–Trinajstić information content (AvgIpc) is 2.35. The zero-order valence-corrected chi connectivity index (χ0v) is 13.6. The topological polar surface area (TPSA) is 33.0 Å². The Hall–Kier alpha value is -1.20. The second kappa shape index (κ2) is 4.97. The first kappa shape index (κ1) is 15.2. The number of rotatable bonds is 3. The van der Waals surface area contributed by atoms with E-state index in [1.54, 1.807) is 12.1 Å². The van der Waals surface area contributed by atoms with Crippen LogP contribution in [0, 0.1) is 28.1 Å². The van der Waals surface area contributed by atoms with Crippen LogP contribution in [-0.2, 0) is 0 Å². The molecule has 1 aliphatic rings. The molecule has 0 bridgehead atoms. The molecule has 0 spiro atoms. The van der Waals surface area contributed by atoms with Crippen molar-refractivity contribution < 1.29 is 4.74 Å². The van der Waals surface area contributed by atoms with Crippen LogP contribution in [0.15, 0.2) is 18.2 Å². The first-order valence-electron chi connectivity index (χ1n) is 7.07. The van der Waals surface area contributed by atoms with Gasteiger partial charge >= 0.3 is 0 Å². The Bertz CT molecular complexity index is 559. The van der Waals surface area contributed by atoms with Crippen LogP contribution in [0.1, 0.15) is 46.6 Å². The molecule has 1 aromatic carbocycles. The lowest BCUT2D eigenvalue weighted by Gasteiger charge is -2.60. The maximum atomic E-state index is 8.91. The molecule has 1 fully saturated rings. The van der Waals surface area contributed by atoms with Gasteiger partial charge in [0.15, 0.2) is 0 Å². The van der Waals surface area contributed by atoms with Crippen molar-refractivity contribution >= 4 is 11.6 Å². The highest BCUT2D eigenvalue weighted by Gasteiger charge is 2.58. The van der Waals surface area contributed by atoms with Crippen molar-refractivity contribution in [2.24, 2.45) is 16.7 Å². The third-order valence-corrected chi connectivity index (χ3v) is 5.09. The highest BCUT2D eigenvalue weighted by molar-refractivity contribution is 6.31. The van der Waals surface area contributed by atoms with Crippen LogP contribution in [0.2, 0.25) is 5.02 Å². The summed E-state index contributed by atoms with van der Waals surface area (Å²) in [6, 6.07) is 7.36. The number of nitriles is 1. The molecule has 0 N–H and O–H groups in total. The maximum absolute atomic E-state index is 8.91. The quantitative estimate of drug-likeness (QED) is 0.780. The SMILES string of the molecule is CC(C)C1(C)CC(C)(C)C1Oc1ccc(C#N)c(Cl)c1. The zero-order chi connectivity index (χ0) is 15.1. The van der Waals surface area contributed by atoms with Crippen LogP contribution in [0.5, 0.6) is 5.75 Å². The Morgan fingerprint density at radius 3 is 2.45 bits per heavy atom. The summed E-state index contributed by atoms with van der Waals surface area (Å²) >= 11 is 6.08. The first-order chi connectivity index (χ1) is 9.20. The van der Waals surface area contributed by atoms with Crippen LogP contribution in [-0.4, -0.2) is 6.10 Å². The van der Waals surface area contributed by atoms with Crippen molar-refractivity contribution in [3.05, 3.63) is 28.8 Å². The molecule has 108 valence electrons. The number of nitrogens with zero attached hydrogens (tertiary/aromatic N) is 1. The predicted octanol–water partition coefficient (Wildman–Crippen LogP) is 5.05. The van der Waals surface area contributed by atoms with Gasteiger partial charge in [-0.25, -0.2) is 0 Å². The first-order valence-corrected chi connectivity index (χ1v) is 7.45. The summed E-state index contributed by atoms with van der Waals surface area (Å²) in [4.78, 5) is 0. The highest BCUT2D eigenvalue weighted by atomic mass is 35.5. The second-order valence-electron chi connectivity index (χ2n) is 7.08. The summed E-state index contributed by atoms with van der Waals surface area (Å²) in [6.07, 6.45) is 1.32. The molecular formula is C17H22ClNO. The van der Waals surface area contributed by atoms with Gasteiger partial charge in [0.25, 0.3) is 0 Å². The number of hydrogen-bond acceptors (Lipinski definition) is 2. The van der Waals surface area contributed by atoms with Crippen molar-refractivity contribution in [2.75, 3.05) is 0 Å². The Kier molecular flexibility index (Phi) is 3.77. The Morgan fingerprint density at radius 2 is 2.00 bits per heavy atom. The molecule has 0 amide bonds. The van der Waals surface area contributed by atoms with E-state index in [0.29, 0.717) is 16.5 Å². The lowest BCUT2D eigenvalue weighted by molar-refractivity contribution is -0.166. The number of hydrogen-bond donors (Lipinski definition) is 0. The van der Waals surface area contributed by atoms with E-state index >= 15 is 0 Å². The predicted molar refractivity (Wildman–Crippen MR) is 81.9 cm³/mol. The molecule has 0 saturated heterocycles. The van der Waals surface area contributed by atoms with Crippen molar-refractivity contribution in [3.63, 3.8) is 0 Å². The van der Waals surface area contributed by atoms with E-state index < -0.39 is 0 Å². The summed E-state index contributed by atoms with van der Waals surface area (Å²) in [5, 5.41) is 9.36. The fraction of sp³-hybridized carbons (Fsp3) is 0.588. The summed E-state index contributed by atoms with van der Waals surface area (Å²) in [7, 11) is 0. The standard InChI is InChI=1S/C17H22ClNO/c1-11(2)17(5)10-16(3,4)15(17)20-13-7-6-12(9-19)14(18)8-13/h6-8,11,15H,10H2,1-5H3. The van der Waals surface area contributed by atoms with E-state index in [9.17, 15) is 0 Å². The minimum atomic E-state index is 0.166. The zero-order valence-electron chi connectivity index (χ0n) is 12.8. The molecule has 1 aliphatic carbocycles. The van der Waals surface area contributed by atoms with E-state index in [-0.39, 0.29) is 16.9 Å². The maximum Gasteiger partial charge on any atom is 0.121 e. The monoisotopic (exact) mass is 291 g/mol. The second-order valence-corrected chi connectivity index (χ2v) is 7.48. The molecule has 2 rings (SSSR count). The molecule has 0 aliphatic heterocycles. The van der Waals surface area contributed by atoms with Crippen molar-refractivity contribution in [1.82, 2.24) is 0 Å². The summed E-state index contributed by atoms with van der Waals surface area (Å²) in [5.74, 6) is 1.31. The van der Waals surface area contributed by atoms with Gasteiger partial charge in [-0.1, -0.05) is 46.2 Å². The van der Waals surface area contributed by atoms with Crippen LogP contribution < -0.4 is 4.74 Å². The van der Waals surface area contributed by atoms with Crippen molar-refractivity contribution in [3.8, 4) is 11.8 Å². The van der Waals surface area contributed by atoms with E-state index in [1.807, 2.05) is 6.07 Å². The Morgan fingerprint density at radius 1 is 1.35 bits per heavy atom. The number of benzene rings is 1. The van der Waals surface area contributed by atoms with Gasteiger partial charge in [-0.3, -0.25) is 0 Å². The normalized spacial score (nSPS) is 27.8. The van der Waals surface area contributed by atoms with E-state index in [2.05, 4.69) is 40.7 Å². The average molecular weight is 292 g/mol. The molecule has 1 aromatic rings. The molecule has 1 saturated carbocycles. The lowest BCUT2D eigenvalue weighted by atomic mass is 9.49. The van der Waals surface area contributed by atoms with Crippen LogP contribution >= 0.6 is 11.6 Å². The summed E-state index contributed by atoms with van der Waals surface area (Å²) in [6.45, 7) is 11.3. The third kappa shape index (κ3) is 2.40. The van der Waals surface area contributed by atoms with Crippen LogP contribution in [0.3, 0.4) is 0 Å². The molecule has 0 aromatic heterocycles. The summed E-state index contributed by atoms with van der Waals surface area (Å²) in [5.41, 5.74) is 0.835. The van der Waals surface area contributed by atoms with Gasteiger partial charge < -0.3 is 4.74 Å². The minimum absolute atomic E-state index is 0.166. The fourth-order valence-corrected chi connectivity index (χ4v) is 3.74. The molecule has 0 radical (unpaired) electrons. The van der Waals surface area contributed by atoms with Gasteiger partial charge in [0, 0.05) is 16.9 Å². The molecule has 2 nitrogen and oxygen atoms in total. The van der Waals surface area contributed by atoms with Crippen molar-refractivity contribution in [2.45, 2.75) is 47.1 Å². The van der Waals surface area contributed by atoms with Crippen LogP contribution in [0.25, 0.3) is 0 Å². The van der Waals surface area contributed by atoms with Crippen LogP contribution in [0.4, 0.5) is 0 Å². The van der Waals surface area contributed by atoms with Gasteiger partial charge in [-0.05, 0) is 24.5 Å². The number of ether oxygens (including phenoxy) is 1. The fourth-order valence-electron chi connectivity index (χ4n) is 3.53. The molecule has 20 heavy (non-hydrogen) atoms. The molecule has 2 unspecified atom stereocenters. The Balaban J connectivity index is 2.24. The minimum Gasteiger partial charge on any atom is -0.489 e. The Labute approximate surface area is 126 Å². The van der Waals surface area contributed by atoms with E-state index in [0.717, 1.165) is 12.2 Å². The van der Waals surface area contributed by atoms with Crippen molar-refractivity contribution in [1.29, 1.82) is 5.26 Å². The molecular weight excluding hydrogens is 270 g/mol. The van der Waals surface area contributed by atoms with Gasteiger partial charge in [-0.2, -0.15) is 5.26 Å². The third-order valence-electron chi connectivity index (χ3n) is 4.78. The summed E-state index contributed by atoms with van der Waals surface area (Å²) < 4.78 is 6.23. The van der Waals surface area contributed by atoms with E-state index in [4.69, 9.17) is 21.6 Å².